The van der Waals surface area contributed by atoms with E-state index < -0.39 is 11.8 Å². The Hall–Kier alpha value is -4.73. The van der Waals surface area contributed by atoms with Gasteiger partial charge in [-0.2, -0.15) is 9.67 Å². The molecule has 0 unspecified atom stereocenters. The number of rotatable bonds is 5. The second-order valence-electron chi connectivity index (χ2n) is 9.69. The Morgan fingerprint density at radius 1 is 1.05 bits per heavy atom. The summed E-state index contributed by atoms with van der Waals surface area (Å²) in [5.74, 6) is -2.57. The van der Waals surface area contributed by atoms with E-state index in [0.717, 1.165) is 33.5 Å². The zero-order chi connectivity index (χ0) is 25.9. The predicted octanol–water partition coefficient (Wildman–Crippen LogP) is 5.54. The molecule has 2 aromatic carbocycles. The van der Waals surface area contributed by atoms with Gasteiger partial charge in [0.1, 0.15) is 5.52 Å². The summed E-state index contributed by atoms with van der Waals surface area (Å²) in [4.78, 5) is 22.1. The summed E-state index contributed by atoms with van der Waals surface area (Å²) in [5.41, 5.74) is 6.63. The van der Waals surface area contributed by atoms with Gasteiger partial charge in [-0.25, -0.2) is 23.5 Å². The summed E-state index contributed by atoms with van der Waals surface area (Å²) < 4.78 is 33.7. The molecule has 4 heterocycles. The molecule has 10 heteroatoms. The van der Waals surface area contributed by atoms with Crippen molar-refractivity contribution in [2.24, 2.45) is 5.92 Å². The number of nitrogens with one attached hydrogen (secondary N) is 2. The van der Waals surface area contributed by atoms with E-state index in [1.807, 2.05) is 48.7 Å². The predicted molar refractivity (Wildman–Crippen MR) is 136 cm³/mol. The SMILES string of the molecule is O=C(C1CC(F)(F)C1)[N+]1=Cc2ccc(-c3nc(Nc4ccc(-c5cn[nH]c5)cc4)c4occc4n3)cc2C1. The number of fused-ring (bicyclic) bond motifs is 2. The first-order valence-corrected chi connectivity index (χ1v) is 12.2. The van der Waals surface area contributed by atoms with Gasteiger partial charge in [-0.15, -0.1) is 0 Å². The van der Waals surface area contributed by atoms with Crippen molar-refractivity contribution in [3.8, 4) is 22.5 Å². The van der Waals surface area contributed by atoms with Crippen molar-refractivity contribution in [3.05, 3.63) is 78.3 Å². The fourth-order valence-electron chi connectivity index (χ4n) is 4.99. The topological polar surface area (TPSA) is 99.7 Å². The second-order valence-corrected chi connectivity index (χ2v) is 9.69. The summed E-state index contributed by atoms with van der Waals surface area (Å²) >= 11 is 0. The zero-order valence-corrected chi connectivity index (χ0v) is 20.0. The molecule has 8 nitrogen and oxygen atoms in total. The van der Waals surface area contributed by atoms with Crippen molar-refractivity contribution >= 4 is 34.7 Å². The molecule has 188 valence electrons. The number of halogens is 2. The number of hydrogen-bond acceptors (Lipinski definition) is 6. The molecular weight excluding hydrogens is 490 g/mol. The summed E-state index contributed by atoms with van der Waals surface area (Å²) in [7, 11) is 0. The van der Waals surface area contributed by atoms with E-state index in [1.165, 1.54) is 4.58 Å². The number of H-pyrrole nitrogens is 1. The third-order valence-electron chi connectivity index (χ3n) is 7.04. The molecule has 2 N–H and O–H groups in total. The van der Waals surface area contributed by atoms with Gasteiger partial charge in [-0.3, -0.25) is 5.10 Å². The van der Waals surface area contributed by atoms with Gasteiger partial charge in [-0.1, -0.05) is 18.2 Å². The van der Waals surface area contributed by atoms with Crippen molar-refractivity contribution in [2.75, 3.05) is 5.32 Å². The molecule has 1 aliphatic heterocycles. The average molecular weight is 512 g/mol. The van der Waals surface area contributed by atoms with Gasteiger partial charge < -0.3 is 9.73 Å². The Labute approximate surface area is 215 Å². The third kappa shape index (κ3) is 3.94. The van der Waals surface area contributed by atoms with Gasteiger partial charge in [0.2, 0.25) is 5.92 Å². The van der Waals surface area contributed by atoms with Crippen molar-refractivity contribution in [3.63, 3.8) is 0 Å². The summed E-state index contributed by atoms with van der Waals surface area (Å²) in [6, 6.07) is 15.4. The number of hydrogen-bond donors (Lipinski definition) is 2. The fraction of sp³-hybridized carbons (Fsp3) is 0.179. The fourth-order valence-corrected chi connectivity index (χ4v) is 4.99. The molecule has 38 heavy (non-hydrogen) atoms. The molecule has 2 aliphatic rings. The highest BCUT2D eigenvalue weighted by molar-refractivity contribution is 5.89. The van der Waals surface area contributed by atoms with Crippen LogP contribution in [0.1, 0.15) is 24.0 Å². The van der Waals surface area contributed by atoms with Crippen LogP contribution in [0.15, 0.2) is 71.6 Å². The Balaban J connectivity index is 1.15. The molecule has 5 aromatic rings. The Bertz CT molecular complexity index is 1720. The molecule has 1 aliphatic carbocycles. The number of carbonyl (C=O) groups is 1. The minimum atomic E-state index is -2.73. The first-order chi connectivity index (χ1) is 18.4. The van der Waals surface area contributed by atoms with Crippen LogP contribution in [-0.2, 0) is 11.3 Å². The Morgan fingerprint density at radius 2 is 1.87 bits per heavy atom. The highest BCUT2D eigenvalue weighted by Gasteiger charge is 2.52. The minimum absolute atomic E-state index is 0.255. The summed E-state index contributed by atoms with van der Waals surface area (Å²) in [6.07, 6.45) is 6.15. The number of benzene rings is 2. The van der Waals surface area contributed by atoms with Crippen LogP contribution in [0.5, 0.6) is 0 Å². The number of aromatic amines is 1. The lowest BCUT2D eigenvalue weighted by atomic mass is 9.80. The van der Waals surface area contributed by atoms with E-state index in [2.05, 4.69) is 20.5 Å². The van der Waals surface area contributed by atoms with Crippen LogP contribution < -0.4 is 5.32 Å². The van der Waals surface area contributed by atoms with Crippen LogP contribution >= 0.6 is 0 Å². The average Bonchev–Trinajstić information content (AvgIpc) is 3.67. The lowest BCUT2D eigenvalue weighted by Crippen LogP contribution is -2.43. The lowest BCUT2D eigenvalue weighted by Gasteiger charge is -2.31. The van der Waals surface area contributed by atoms with Crippen LogP contribution in [0, 0.1) is 5.92 Å². The van der Waals surface area contributed by atoms with Gasteiger partial charge in [0, 0.05) is 53.0 Å². The van der Waals surface area contributed by atoms with E-state index >= 15 is 0 Å². The van der Waals surface area contributed by atoms with Gasteiger partial charge in [0.05, 0.1) is 18.4 Å². The van der Waals surface area contributed by atoms with E-state index in [4.69, 9.17) is 9.40 Å². The van der Waals surface area contributed by atoms with Crippen LogP contribution in [0.2, 0.25) is 0 Å². The van der Waals surface area contributed by atoms with Crippen molar-refractivity contribution in [1.82, 2.24) is 20.2 Å². The minimum Gasteiger partial charge on any atom is -0.459 e. The first kappa shape index (κ1) is 22.5. The number of nitrogens with zero attached hydrogens (tertiary/aromatic N) is 4. The maximum absolute atomic E-state index is 13.3. The molecule has 1 fully saturated rings. The number of alkyl halides is 2. The molecule has 7 rings (SSSR count). The zero-order valence-electron chi connectivity index (χ0n) is 20.0. The lowest BCUT2D eigenvalue weighted by molar-refractivity contribution is -0.463. The van der Waals surface area contributed by atoms with Gasteiger partial charge in [-0.05, 0) is 29.8 Å². The third-order valence-corrected chi connectivity index (χ3v) is 7.04. The molecule has 0 bridgehead atoms. The first-order valence-electron chi connectivity index (χ1n) is 12.2. The number of furan rings is 1. The quantitative estimate of drug-likeness (QED) is 0.301. The molecular formula is C28H21F2N6O2+. The van der Waals surface area contributed by atoms with Crippen LogP contribution in [0.25, 0.3) is 33.6 Å². The molecule has 1 saturated carbocycles. The maximum Gasteiger partial charge on any atom is 0.390 e. The largest absolute Gasteiger partial charge is 0.459 e. The molecule has 0 radical (unpaired) electrons. The van der Waals surface area contributed by atoms with Gasteiger partial charge in [0.15, 0.2) is 30.0 Å². The molecule has 3 aromatic heterocycles. The Morgan fingerprint density at radius 3 is 2.63 bits per heavy atom. The smallest absolute Gasteiger partial charge is 0.390 e. The normalized spacial score (nSPS) is 16.2. The highest BCUT2D eigenvalue weighted by Crippen LogP contribution is 2.43. The summed E-state index contributed by atoms with van der Waals surface area (Å²) in [5, 5.41) is 10.1. The van der Waals surface area contributed by atoms with Crippen LogP contribution in [-0.4, -0.2) is 42.8 Å². The van der Waals surface area contributed by atoms with Gasteiger partial charge in [0.25, 0.3) is 0 Å². The number of anilines is 2. The van der Waals surface area contributed by atoms with E-state index in [9.17, 15) is 13.6 Å². The Kier molecular flexibility index (Phi) is 4.97. The molecule has 0 atom stereocenters. The monoisotopic (exact) mass is 511 g/mol. The van der Waals surface area contributed by atoms with Gasteiger partial charge >= 0.3 is 5.91 Å². The number of aromatic nitrogens is 4. The van der Waals surface area contributed by atoms with Crippen LogP contribution in [0.4, 0.5) is 20.3 Å². The van der Waals surface area contributed by atoms with E-state index in [1.54, 1.807) is 24.7 Å². The van der Waals surface area contributed by atoms with E-state index in [0.29, 0.717) is 29.3 Å². The van der Waals surface area contributed by atoms with Crippen LogP contribution in [0.3, 0.4) is 0 Å². The standard InChI is InChI=1S/C28H20F2N6O2/c29-28(30)10-20(11-28)27(37)36-14-18-2-1-17(9-19(18)15-36)25-34-23-7-8-38-24(23)26(35-25)33-22-5-3-16(4-6-22)21-12-31-32-13-21/h1-9,12-14,20H,10-11,15H2,(H,34,35)/p+1. The molecule has 0 spiro atoms. The number of amides is 1. The number of carbonyl (C=O) groups excluding carboxylic acids is 1. The highest BCUT2D eigenvalue weighted by atomic mass is 19.3. The summed E-state index contributed by atoms with van der Waals surface area (Å²) in [6.45, 7) is 0.339. The molecule has 1 amide bonds. The maximum atomic E-state index is 13.3. The van der Waals surface area contributed by atoms with Crippen molar-refractivity contribution in [1.29, 1.82) is 0 Å². The van der Waals surface area contributed by atoms with E-state index in [-0.39, 0.29) is 18.7 Å². The van der Waals surface area contributed by atoms with Crippen molar-refractivity contribution < 1.29 is 22.6 Å². The second kappa shape index (κ2) is 8.41. The van der Waals surface area contributed by atoms with Crippen molar-refractivity contribution in [2.45, 2.75) is 25.3 Å². The molecule has 0 saturated heterocycles.